The molecule has 1 fully saturated rings. The van der Waals surface area contributed by atoms with Crippen molar-refractivity contribution in [3.8, 4) is 5.75 Å². The molecule has 49 heavy (non-hydrogen) atoms. The molecule has 2 aromatic rings. The van der Waals surface area contributed by atoms with Crippen LogP contribution in [0.25, 0.3) is 0 Å². The van der Waals surface area contributed by atoms with Crippen molar-refractivity contribution in [3.63, 3.8) is 0 Å². The van der Waals surface area contributed by atoms with Gasteiger partial charge in [0.2, 0.25) is 5.91 Å². The molecule has 0 saturated carbocycles. The number of unbranched alkanes of at least 4 members (excludes halogenated alkanes) is 1. The Hall–Kier alpha value is -4.16. The zero-order valence-corrected chi connectivity index (χ0v) is 30.2. The quantitative estimate of drug-likeness (QED) is 0.0908. The molecule has 0 radical (unpaired) electrons. The summed E-state index contributed by atoms with van der Waals surface area (Å²) in [6.07, 6.45) is 30.4. The van der Waals surface area contributed by atoms with E-state index in [1.807, 2.05) is 4.90 Å². The van der Waals surface area contributed by atoms with E-state index in [4.69, 9.17) is 16.3 Å². The highest BCUT2D eigenvalue weighted by Gasteiger charge is 2.36. The lowest BCUT2D eigenvalue weighted by Crippen LogP contribution is -2.53. The first kappa shape index (κ1) is 39.3. The number of rotatable bonds is 19. The van der Waals surface area contributed by atoms with Crippen LogP contribution in [0, 0.1) is 0 Å². The number of halogens is 1. The van der Waals surface area contributed by atoms with E-state index >= 15 is 0 Å². The Labute approximate surface area is 298 Å². The van der Waals surface area contributed by atoms with Crippen LogP contribution in [-0.2, 0) is 9.59 Å². The molecule has 0 aliphatic carbocycles. The number of nitrogens with zero attached hydrogens (tertiary/aromatic N) is 1. The summed E-state index contributed by atoms with van der Waals surface area (Å²) in [4.78, 5) is 40.4. The molecule has 1 aliphatic heterocycles. The second kappa shape index (κ2) is 21.7. The Morgan fingerprint density at radius 1 is 0.776 bits per heavy atom. The Bertz CT molecular complexity index is 1460. The van der Waals surface area contributed by atoms with Gasteiger partial charge in [-0.05, 0) is 120 Å². The van der Waals surface area contributed by atoms with Crippen molar-refractivity contribution in [2.75, 3.05) is 13.1 Å². The van der Waals surface area contributed by atoms with Crippen molar-refractivity contribution in [1.82, 2.24) is 10.2 Å². The molecule has 262 valence electrons. The third-order valence-electron chi connectivity index (χ3n) is 8.19. The van der Waals surface area contributed by atoms with Crippen LogP contribution in [0.4, 0.5) is 0 Å². The van der Waals surface area contributed by atoms with E-state index in [1.54, 1.807) is 62.4 Å². The third-order valence-corrected chi connectivity index (χ3v) is 8.44. The minimum absolute atomic E-state index is 0.0683. The molecule has 0 unspecified atom stereocenters. The van der Waals surface area contributed by atoms with Gasteiger partial charge in [0.25, 0.3) is 5.91 Å². The summed E-state index contributed by atoms with van der Waals surface area (Å²) >= 11 is 5.93. The fourth-order valence-corrected chi connectivity index (χ4v) is 5.56. The standard InChI is InChI=1S/C42H53ClN2O4/c1-4-5-6-7-8-9-10-11-12-13-14-15-16-17-18-19-20-21-39(46)44-37-30-32-45(33-31-37)41(48)42(2,3)49-38-28-24-35(25-29-38)40(47)34-22-26-36(43)27-23-34/h5-6,8-9,11-12,14-15,17-18,22-29,37H,4,7,10,13,16,19-21,30-33H2,1-3H3,(H,44,46). The maximum absolute atomic E-state index is 13.4. The predicted molar refractivity (Wildman–Crippen MR) is 202 cm³/mol. The predicted octanol–water partition coefficient (Wildman–Crippen LogP) is 9.76. The largest absolute Gasteiger partial charge is 0.478 e. The number of carbonyl (C=O) groups excluding carboxylic acids is 3. The summed E-state index contributed by atoms with van der Waals surface area (Å²) in [6.45, 7) is 6.78. The Morgan fingerprint density at radius 2 is 1.27 bits per heavy atom. The molecular weight excluding hydrogens is 632 g/mol. The second-order valence-electron chi connectivity index (χ2n) is 12.7. The minimum atomic E-state index is -1.08. The number of piperidine rings is 1. The number of likely N-dealkylation sites (tertiary alicyclic amines) is 1. The van der Waals surface area contributed by atoms with Gasteiger partial charge in [0, 0.05) is 41.7 Å². The Balaban J connectivity index is 1.27. The lowest BCUT2D eigenvalue weighted by atomic mass is 10.0. The lowest BCUT2D eigenvalue weighted by molar-refractivity contribution is -0.146. The molecule has 1 heterocycles. The van der Waals surface area contributed by atoms with Gasteiger partial charge in [-0.25, -0.2) is 0 Å². The summed E-state index contributed by atoms with van der Waals surface area (Å²) in [5.41, 5.74) is -0.00655. The highest BCUT2D eigenvalue weighted by Crippen LogP contribution is 2.24. The summed E-state index contributed by atoms with van der Waals surface area (Å²) < 4.78 is 6.08. The SMILES string of the molecule is CCC=CCC=CCC=CCC=CCC=CCCCC(=O)NC1CCN(C(=O)C(C)(C)Oc2ccc(C(=O)c3ccc(Cl)cc3)cc2)CC1. The smallest absolute Gasteiger partial charge is 0.266 e. The average Bonchev–Trinajstić information content (AvgIpc) is 3.10. The molecule has 2 aromatic carbocycles. The summed E-state index contributed by atoms with van der Waals surface area (Å²) in [5.74, 6) is 0.367. The number of ketones is 1. The van der Waals surface area contributed by atoms with E-state index in [0.717, 1.165) is 44.9 Å². The van der Waals surface area contributed by atoms with Crippen molar-refractivity contribution in [3.05, 3.63) is 125 Å². The fourth-order valence-electron chi connectivity index (χ4n) is 5.44. The van der Waals surface area contributed by atoms with Gasteiger partial charge < -0.3 is 15.0 Å². The van der Waals surface area contributed by atoms with Crippen LogP contribution < -0.4 is 10.1 Å². The summed E-state index contributed by atoms with van der Waals surface area (Å²) in [7, 11) is 0. The zero-order chi connectivity index (χ0) is 35.3. The van der Waals surface area contributed by atoms with Crippen molar-refractivity contribution >= 4 is 29.2 Å². The number of nitrogens with one attached hydrogen (secondary N) is 1. The average molecular weight is 685 g/mol. The monoisotopic (exact) mass is 684 g/mol. The fraction of sp³-hybridized carbons (Fsp3) is 0.405. The third kappa shape index (κ3) is 14.9. The van der Waals surface area contributed by atoms with Gasteiger partial charge in [-0.15, -0.1) is 0 Å². The van der Waals surface area contributed by atoms with Crippen molar-refractivity contribution < 1.29 is 19.1 Å². The molecule has 0 spiro atoms. The van der Waals surface area contributed by atoms with Crippen LogP contribution in [0.1, 0.15) is 101 Å². The van der Waals surface area contributed by atoms with Crippen LogP contribution in [0.2, 0.25) is 5.02 Å². The molecule has 0 bridgehead atoms. The Kier molecular flexibility index (Phi) is 17.4. The first-order chi connectivity index (χ1) is 23.7. The van der Waals surface area contributed by atoms with Gasteiger partial charge in [0.05, 0.1) is 0 Å². The summed E-state index contributed by atoms with van der Waals surface area (Å²) in [6, 6.07) is 13.7. The maximum Gasteiger partial charge on any atom is 0.266 e. The first-order valence-electron chi connectivity index (χ1n) is 17.6. The van der Waals surface area contributed by atoms with Gasteiger partial charge in [-0.3, -0.25) is 14.4 Å². The molecule has 3 rings (SSSR count). The van der Waals surface area contributed by atoms with E-state index in [-0.39, 0.29) is 23.6 Å². The number of hydrogen-bond acceptors (Lipinski definition) is 4. The van der Waals surface area contributed by atoms with Gasteiger partial charge in [0.15, 0.2) is 11.4 Å². The van der Waals surface area contributed by atoms with Gasteiger partial charge in [-0.2, -0.15) is 0 Å². The van der Waals surface area contributed by atoms with Crippen LogP contribution in [0.15, 0.2) is 109 Å². The number of ether oxygens (including phenoxy) is 1. The van der Waals surface area contributed by atoms with E-state index in [1.165, 1.54) is 0 Å². The van der Waals surface area contributed by atoms with Gasteiger partial charge in [0.1, 0.15) is 5.75 Å². The molecule has 1 N–H and O–H groups in total. The molecule has 6 nitrogen and oxygen atoms in total. The van der Waals surface area contributed by atoms with E-state index in [9.17, 15) is 14.4 Å². The highest BCUT2D eigenvalue weighted by molar-refractivity contribution is 6.30. The maximum atomic E-state index is 13.4. The highest BCUT2D eigenvalue weighted by atomic mass is 35.5. The first-order valence-corrected chi connectivity index (χ1v) is 18.0. The number of hydrogen-bond donors (Lipinski definition) is 1. The number of carbonyl (C=O) groups is 3. The van der Waals surface area contributed by atoms with E-state index in [2.05, 4.69) is 73.0 Å². The molecular formula is C42H53ClN2O4. The van der Waals surface area contributed by atoms with Crippen LogP contribution in [0.5, 0.6) is 5.75 Å². The zero-order valence-electron chi connectivity index (χ0n) is 29.4. The normalized spacial score (nSPS) is 14.6. The van der Waals surface area contributed by atoms with Crippen molar-refractivity contribution in [2.45, 2.75) is 96.6 Å². The molecule has 1 aliphatic rings. The molecule has 7 heteroatoms. The summed E-state index contributed by atoms with van der Waals surface area (Å²) in [5, 5.41) is 3.72. The Morgan fingerprint density at radius 3 is 1.80 bits per heavy atom. The lowest BCUT2D eigenvalue weighted by Gasteiger charge is -2.37. The minimum Gasteiger partial charge on any atom is -0.478 e. The molecule has 2 amide bonds. The van der Waals surface area contributed by atoms with Crippen LogP contribution in [0.3, 0.4) is 0 Å². The van der Waals surface area contributed by atoms with Crippen LogP contribution >= 0.6 is 11.6 Å². The number of allylic oxidation sites excluding steroid dienone is 10. The van der Waals surface area contributed by atoms with Crippen molar-refractivity contribution in [2.24, 2.45) is 0 Å². The number of amides is 2. The van der Waals surface area contributed by atoms with Gasteiger partial charge in [-0.1, -0.05) is 79.3 Å². The molecule has 1 saturated heterocycles. The molecule has 0 aromatic heterocycles. The number of benzene rings is 2. The second-order valence-corrected chi connectivity index (χ2v) is 13.1. The van der Waals surface area contributed by atoms with Gasteiger partial charge >= 0.3 is 0 Å². The molecule has 0 atom stereocenters. The van der Waals surface area contributed by atoms with Crippen LogP contribution in [-0.4, -0.2) is 47.2 Å². The van der Waals surface area contributed by atoms with E-state index in [0.29, 0.717) is 54.3 Å². The van der Waals surface area contributed by atoms with E-state index < -0.39 is 5.60 Å². The topological polar surface area (TPSA) is 75.7 Å². The van der Waals surface area contributed by atoms with Crippen molar-refractivity contribution in [1.29, 1.82) is 0 Å².